The summed E-state index contributed by atoms with van der Waals surface area (Å²) in [4.78, 5) is 8.37. The first-order chi connectivity index (χ1) is 8.94. The predicted octanol–water partition coefficient (Wildman–Crippen LogP) is 3.41. The normalized spacial score (nSPS) is 14.4. The molecular formula is C12H14Cl2N4O. The molecule has 102 valence electrons. The van der Waals surface area contributed by atoms with Crippen LogP contribution in [0.25, 0.3) is 11.5 Å². The summed E-state index contributed by atoms with van der Waals surface area (Å²) in [5, 5.41) is 4.69. The van der Waals surface area contributed by atoms with Gasteiger partial charge in [-0.25, -0.2) is 4.98 Å². The number of rotatable bonds is 4. The van der Waals surface area contributed by atoms with E-state index in [1.807, 2.05) is 13.8 Å². The molecule has 0 amide bonds. The van der Waals surface area contributed by atoms with E-state index in [0.717, 1.165) is 12.8 Å². The Morgan fingerprint density at radius 3 is 2.79 bits per heavy atom. The zero-order valence-electron chi connectivity index (χ0n) is 10.7. The van der Waals surface area contributed by atoms with Crippen LogP contribution in [0.15, 0.2) is 16.8 Å². The fourth-order valence-electron chi connectivity index (χ4n) is 1.76. The molecule has 2 aromatic heterocycles. The molecule has 1 atom stereocenters. The highest BCUT2D eigenvalue weighted by molar-refractivity contribution is 6.35. The Bertz CT molecular complexity index is 583. The van der Waals surface area contributed by atoms with E-state index in [-0.39, 0.29) is 0 Å². The molecule has 2 rings (SSSR count). The molecule has 0 saturated carbocycles. The molecule has 19 heavy (non-hydrogen) atoms. The Labute approximate surface area is 121 Å². The molecule has 0 aliphatic heterocycles. The topological polar surface area (TPSA) is 77.8 Å². The van der Waals surface area contributed by atoms with Crippen LogP contribution in [0, 0.1) is 0 Å². The summed E-state index contributed by atoms with van der Waals surface area (Å²) in [5.41, 5.74) is 5.90. The third kappa shape index (κ3) is 3.05. The Morgan fingerprint density at radius 1 is 1.42 bits per heavy atom. The second-order valence-electron chi connectivity index (χ2n) is 4.57. The van der Waals surface area contributed by atoms with E-state index in [4.69, 9.17) is 33.5 Å². The van der Waals surface area contributed by atoms with Gasteiger partial charge in [-0.3, -0.25) is 0 Å². The van der Waals surface area contributed by atoms with E-state index in [1.54, 1.807) is 6.07 Å². The Hall–Kier alpha value is -1.17. The van der Waals surface area contributed by atoms with E-state index in [0.29, 0.717) is 27.5 Å². The number of hydrogen-bond acceptors (Lipinski definition) is 5. The largest absolute Gasteiger partial charge is 0.337 e. The second kappa shape index (κ2) is 5.45. The fraction of sp³-hybridized carbons (Fsp3) is 0.417. The summed E-state index contributed by atoms with van der Waals surface area (Å²) in [6.07, 6.45) is 3.15. The van der Waals surface area contributed by atoms with Crippen molar-refractivity contribution in [1.29, 1.82) is 0 Å². The van der Waals surface area contributed by atoms with Crippen LogP contribution in [0.4, 0.5) is 0 Å². The maximum atomic E-state index is 6.13. The minimum atomic E-state index is -0.654. The summed E-state index contributed by atoms with van der Waals surface area (Å²) < 4.78 is 5.20. The second-order valence-corrected chi connectivity index (χ2v) is 5.42. The third-order valence-electron chi connectivity index (χ3n) is 2.70. The highest BCUT2D eigenvalue weighted by atomic mass is 35.5. The lowest BCUT2D eigenvalue weighted by atomic mass is 9.98. The lowest BCUT2D eigenvalue weighted by Gasteiger charge is -2.18. The van der Waals surface area contributed by atoms with Crippen LogP contribution in [0.5, 0.6) is 0 Å². The quantitative estimate of drug-likeness (QED) is 0.936. The molecule has 0 aromatic carbocycles. The van der Waals surface area contributed by atoms with E-state index in [1.165, 1.54) is 6.20 Å². The summed E-state index contributed by atoms with van der Waals surface area (Å²) in [7, 11) is 0. The number of halogens is 2. The van der Waals surface area contributed by atoms with Crippen molar-refractivity contribution in [2.24, 2.45) is 5.73 Å². The van der Waals surface area contributed by atoms with Gasteiger partial charge in [0, 0.05) is 6.20 Å². The van der Waals surface area contributed by atoms with Gasteiger partial charge < -0.3 is 10.3 Å². The van der Waals surface area contributed by atoms with Gasteiger partial charge in [-0.15, -0.1) is 0 Å². The van der Waals surface area contributed by atoms with E-state index < -0.39 is 5.54 Å². The predicted molar refractivity (Wildman–Crippen MR) is 74.0 cm³/mol. The molecule has 0 aliphatic carbocycles. The van der Waals surface area contributed by atoms with Crippen LogP contribution in [-0.2, 0) is 5.54 Å². The SMILES string of the molecule is CCCC(C)(N)c1nc(-c2ncc(Cl)cc2Cl)no1. The lowest BCUT2D eigenvalue weighted by molar-refractivity contribution is 0.284. The number of pyridine rings is 1. The Balaban J connectivity index is 2.35. The zero-order chi connectivity index (χ0) is 14.0. The van der Waals surface area contributed by atoms with Gasteiger partial charge in [-0.2, -0.15) is 4.98 Å². The van der Waals surface area contributed by atoms with Crippen molar-refractivity contribution in [2.45, 2.75) is 32.2 Å². The molecule has 7 heteroatoms. The molecule has 0 saturated heterocycles. The number of aromatic nitrogens is 3. The maximum absolute atomic E-state index is 6.13. The van der Waals surface area contributed by atoms with E-state index >= 15 is 0 Å². The van der Waals surface area contributed by atoms with Crippen LogP contribution in [-0.4, -0.2) is 15.1 Å². The van der Waals surface area contributed by atoms with Gasteiger partial charge in [-0.1, -0.05) is 41.7 Å². The molecule has 2 heterocycles. The Morgan fingerprint density at radius 2 is 2.16 bits per heavy atom. The average Bonchev–Trinajstić information content (AvgIpc) is 2.78. The first-order valence-corrected chi connectivity index (χ1v) is 6.64. The maximum Gasteiger partial charge on any atom is 0.246 e. The molecule has 1 unspecified atom stereocenters. The van der Waals surface area contributed by atoms with Crippen molar-refractivity contribution in [3.63, 3.8) is 0 Å². The molecule has 5 nitrogen and oxygen atoms in total. The van der Waals surface area contributed by atoms with Gasteiger partial charge in [0.05, 0.1) is 15.6 Å². The van der Waals surface area contributed by atoms with Crippen molar-refractivity contribution in [1.82, 2.24) is 15.1 Å². The van der Waals surface area contributed by atoms with Crippen molar-refractivity contribution >= 4 is 23.2 Å². The van der Waals surface area contributed by atoms with Gasteiger partial charge in [0.1, 0.15) is 5.69 Å². The molecular weight excluding hydrogens is 287 g/mol. The monoisotopic (exact) mass is 300 g/mol. The summed E-state index contributed by atoms with van der Waals surface area (Å²) in [6.45, 7) is 3.89. The molecule has 0 radical (unpaired) electrons. The molecule has 2 N–H and O–H groups in total. The molecule has 0 bridgehead atoms. The minimum Gasteiger partial charge on any atom is -0.337 e. The van der Waals surface area contributed by atoms with Gasteiger partial charge in [0.25, 0.3) is 0 Å². The molecule has 0 aliphatic rings. The van der Waals surface area contributed by atoms with Crippen LogP contribution in [0.2, 0.25) is 10.0 Å². The van der Waals surface area contributed by atoms with Gasteiger partial charge >= 0.3 is 0 Å². The van der Waals surface area contributed by atoms with Crippen LogP contribution >= 0.6 is 23.2 Å². The standard InChI is InChI=1S/C12H14Cl2N4O/c1-3-4-12(2,15)11-17-10(18-19-11)9-8(14)5-7(13)6-16-9/h5-6H,3-4,15H2,1-2H3. The highest BCUT2D eigenvalue weighted by Crippen LogP contribution is 2.28. The smallest absolute Gasteiger partial charge is 0.246 e. The third-order valence-corrected chi connectivity index (χ3v) is 3.20. The van der Waals surface area contributed by atoms with Crippen molar-refractivity contribution in [3.8, 4) is 11.5 Å². The molecule has 0 fully saturated rings. The van der Waals surface area contributed by atoms with Crippen LogP contribution in [0.3, 0.4) is 0 Å². The summed E-state index contributed by atoms with van der Waals surface area (Å²) >= 11 is 11.8. The van der Waals surface area contributed by atoms with Crippen LogP contribution in [0.1, 0.15) is 32.6 Å². The van der Waals surface area contributed by atoms with Crippen molar-refractivity contribution in [3.05, 3.63) is 28.2 Å². The molecule has 0 spiro atoms. The highest BCUT2D eigenvalue weighted by Gasteiger charge is 2.28. The average molecular weight is 301 g/mol. The van der Waals surface area contributed by atoms with Gasteiger partial charge in [-0.05, 0) is 19.4 Å². The number of nitrogens with two attached hydrogens (primary N) is 1. The van der Waals surface area contributed by atoms with Gasteiger partial charge in [0.2, 0.25) is 11.7 Å². The van der Waals surface area contributed by atoms with Crippen molar-refractivity contribution in [2.75, 3.05) is 0 Å². The lowest BCUT2D eigenvalue weighted by Crippen LogP contribution is -2.33. The first-order valence-electron chi connectivity index (χ1n) is 5.88. The number of nitrogens with zero attached hydrogens (tertiary/aromatic N) is 3. The van der Waals surface area contributed by atoms with Crippen LogP contribution < -0.4 is 5.73 Å². The van der Waals surface area contributed by atoms with Crippen molar-refractivity contribution < 1.29 is 4.52 Å². The van der Waals surface area contributed by atoms with E-state index in [2.05, 4.69) is 15.1 Å². The number of hydrogen-bond donors (Lipinski definition) is 1. The molecule has 2 aromatic rings. The van der Waals surface area contributed by atoms with E-state index in [9.17, 15) is 0 Å². The first kappa shape index (κ1) is 14.2. The Kier molecular flexibility index (Phi) is 4.08. The fourth-order valence-corrected chi connectivity index (χ4v) is 2.22. The van der Waals surface area contributed by atoms with Gasteiger partial charge in [0.15, 0.2) is 0 Å². The summed E-state index contributed by atoms with van der Waals surface area (Å²) in [5.74, 6) is 0.682. The zero-order valence-corrected chi connectivity index (χ0v) is 12.2. The minimum absolute atomic E-state index is 0.310. The summed E-state index contributed by atoms with van der Waals surface area (Å²) in [6, 6.07) is 1.58.